The number of hydrogen-bond donors (Lipinski definition) is 1. The van der Waals surface area contributed by atoms with Crippen LogP contribution in [0.2, 0.25) is 0 Å². The maximum atomic E-state index is 13.5. The van der Waals surface area contributed by atoms with Gasteiger partial charge in [0.2, 0.25) is 0 Å². The largest absolute Gasteiger partial charge is 0.298 e. The van der Waals surface area contributed by atoms with E-state index in [9.17, 15) is 13.6 Å². The lowest BCUT2D eigenvalue weighted by atomic mass is 10.2. The summed E-state index contributed by atoms with van der Waals surface area (Å²) in [6.45, 7) is 0. The van der Waals surface area contributed by atoms with Gasteiger partial charge in [0.05, 0.1) is 11.3 Å². The van der Waals surface area contributed by atoms with E-state index >= 15 is 0 Å². The second kappa shape index (κ2) is 4.70. The summed E-state index contributed by atoms with van der Waals surface area (Å²) in [6.07, 6.45) is 2.97. The van der Waals surface area contributed by atoms with Crippen LogP contribution >= 0.6 is 11.3 Å². The first-order valence-corrected chi connectivity index (χ1v) is 6.71. The number of rotatable bonds is 2. The van der Waals surface area contributed by atoms with Gasteiger partial charge in [-0.15, -0.1) is 11.3 Å². The lowest BCUT2D eigenvalue weighted by Gasteiger charge is -2.03. The van der Waals surface area contributed by atoms with E-state index in [1.165, 1.54) is 23.5 Å². The summed E-state index contributed by atoms with van der Waals surface area (Å²) in [4.78, 5) is 17.3. The molecule has 0 spiro atoms. The molecular weight excluding hydrogens is 270 g/mol. The number of fused-ring (bicyclic) bond motifs is 1. The summed E-state index contributed by atoms with van der Waals surface area (Å²) in [5.74, 6) is -2.84. The molecule has 3 rings (SSSR count). The number of nitrogens with zero attached hydrogens (tertiary/aromatic N) is 1. The monoisotopic (exact) mass is 280 g/mol. The molecule has 2 aromatic rings. The Bertz CT molecular complexity index is 633. The first-order valence-electron chi connectivity index (χ1n) is 5.89. The summed E-state index contributed by atoms with van der Waals surface area (Å²) in [5.41, 5.74) is 0.690. The van der Waals surface area contributed by atoms with Gasteiger partial charge in [-0.05, 0) is 31.4 Å². The van der Waals surface area contributed by atoms with E-state index in [2.05, 4.69) is 10.3 Å². The molecule has 1 aliphatic carbocycles. The van der Waals surface area contributed by atoms with Crippen LogP contribution in [0, 0.1) is 11.6 Å². The number of carbonyl (C=O) groups is 1. The van der Waals surface area contributed by atoms with Crippen LogP contribution in [-0.2, 0) is 12.8 Å². The fourth-order valence-corrected chi connectivity index (χ4v) is 3.13. The molecule has 1 N–H and O–H groups in total. The van der Waals surface area contributed by atoms with Gasteiger partial charge in [-0.1, -0.05) is 6.07 Å². The Labute approximate surface area is 112 Å². The second-order valence-electron chi connectivity index (χ2n) is 4.30. The van der Waals surface area contributed by atoms with E-state index in [4.69, 9.17) is 0 Å². The molecule has 0 aliphatic heterocycles. The zero-order valence-corrected chi connectivity index (χ0v) is 10.7. The van der Waals surface area contributed by atoms with Crippen molar-refractivity contribution in [2.45, 2.75) is 19.3 Å². The molecule has 0 radical (unpaired) electrons. The normalized spacial score (nSPS) is 13.4. The van der Waals surface area contributed by atoms with Crippen LogP contribution in [0.15, 0.2) is 18.2 Å². The molecule has 0 atom stereocenters. The van der Waals surface area contributed by atoms with Gasteiger partial charge in [0.25, 0.3) is 5.91 Å². The number of thiazole rings is 1. The summed E-state index contributed by atoms with van der Waals surface area (Å²) in [6, 6.07) is 3.52. The van der Waals surface area contributed by atoms with Gasteiger partial charge in [0, 0.05) is 4.88 Å². The van der Waals surface area contributed by atoms with Crippen LogP contribution in [0.4, 0.5) is 13.9 Å². The van der Waals surface area contributed by atoms with Crippen molar-refractivity contribution in [2.75, 3.05) is 5.32 Å². The quantitative estimate of drug-likeness (QED) is 0.918. The third-order valence-electron chi connectivity index (χ3n) is 3.01. The average Bonchev–Trinajstić information content (AvgIpc) is 2.93. The zero-order valence-electron chi connectivity index (χ0n) is 9.87. The van der Waals surface area contributed by atoms with Gasteiger partial charge >= 0.3 is 0 Å². The Balaban J connectivity index is 1.82. The number of halogens is 2. The number of amides is 1. The van der Waals surface area contributed by atoms with Crippen molar-refractivity contribution < 1.29 is 13.6 Å². The average molecular weight is 280 g/mol. The van der Waals surface area contributed by atoms with Gasteiger partial charge in [-0.2, -0.15) is 0 Å². The van der Waals surface area contributed by atoms with E-state index in [1.807, 2.05) is 0 Å². The van der Waals surface area contributed by atoms with Crippen molar-refractivity contribution in [3.63, 3.8) is 0 Å². The number of aryl methyl sites for hydroxylation is 2. The Morgan fingerprint density at radius 2 is 2.16 bits per heavy atom. The summed E-state index contributed by atoms with van der Waals surface area (Å²) in [5, 5.41) is 2.96. The Morgan fingerprint density at radius 1 is 1.32 bits per heavy atom. The minimum absolute atomic E-state index is 0.310. The molecule has 3 nitrogen and oxygen atoms in total. The first kappa shape index (κ1) is 12.2. The van der Waals surface area contributed by atoms with E-state index in [1.54, 1.807) is 0 Å². The number of nitrogens with one attached hydrogen (secondary N) is 1. The third kappa shape index (κ3) is 2.23. The highest BCUT2D eigenvalue weighted by molar-refractivity contribution is 7.15. The van der Waals surface area contributed by atoms with Crippen LogP contribution in [0.3, 0.4) is 0 Å². The van der Waals surface area contributed by atoms with Gasteiger partial charge in [-0.3, -0.25) is 10.1 Å². The molecule has 1 aliphatic rings. The molecule has 1 aromatic heterocycles. The Kier molecular flexibility index (Phi) is 3.02. The number of aromatic nitrogens is 1. The zero-order chi connectivity index (χ0) is 13.4. The van der Waals surface area contributed by atoms with Crippen LogP contribution in [0.25, 0.3) is 0 Å². The lowest BCUT2D eigenvalue weighted by Crippen LogP contribution is -2.14. The van der Waals surface area contributed by atoms with Gasteiger partial charge < -0.3 is 0 Å². The molecule has 0 fully saturated rings. The molecule has 6 heteroatoms. The number of anilines is 1. The van der Waals surface area contributed by atoms with E-state index in [-0.39, 0.29) is 5.56 Å². The predicted octanol–water partition coefficient (Wildman–Crippen LogP) is 3.16. The van der Waals surface area contributed by atoms with Gasteiger partial charge in [-0.25, -0.2) is 13.8 Å². The number of hydrogen-bond acceptors (Lipinski definition) is 3. The van der Waals surface area contributed by atoms with Crippen molar-refractivity contribution in [2.24, 2.45) is 0 Å². The molecule has 0 unspecified atom stereocenters. The fraction of sp³-hybridized carbons (Fsp3) is 0.231. The SMILES string of the molecule is O=C(Nc1nc2c(s1)CCC2)c1cccc(F)c1F. The summed E-state index contributed by atoms with van der Waals surface area (Å²) >= 11 is 1.40. The van der Waals surface area contributed by atoms with Crippen molar-refractivity contribution in [3.05, 3.63) is 46.0 Å². The number of carbonyl (C=O) groups excluding carboxylic acids is 1. The second-order valence-corrected chi connectivity index (χ2v) is 5.38. The highest BCUT2D eigenvalue weighted by Crippen LogP contribution is 2.30. The lowest BCUT2D eigenvalue weighted by molar-refractivity contribution is 0.102. The van der Waals surface area contributed by atoms with Gasteiger partial charge in [0.15, 0.2) is 16.8 Å². The van der Waals surface area contributed by atoms with E-state index in [0.29, 0.717) is 5.13 Å². The van der Waals surface area contributed by atoms with E-state index < -0.39 is 17.5 Å². The highest BCUT2D eigenvalue weighted by Gasteiger charge is 2.20. The highest BCUT2D eigenvalue weighted by atomic mass is 32.1. The smallest absolute Gasteiger partial charge is 0.260 e. The summed E-state index contributed by atoms with van der Waals surface area (Å²) < 4.78 is 26.5. The van der Waals surface area contributed by atoms with Crippen LogP contribution in [0.5, 0.6) is 0 Å². The van der Waals surface area contributed by atoms with Crippen LogP contribution in [0.1, 0.15) is 27.3 Å². The van der Waals surface area contributed by atoms with Crippen LogP contribution in [-0.4, -0.2) is 10.9 Å². The molecule has 0 saturated carbocycles. The minimum Gasteiger partial charge on any atom is -0.298 e. The molecular formula is C13H10F2N2OS. The van der Waals surface area contributed by atoms with E-state index in [0.717, 1.165) is 35.9 Å². The third-order valence-corrected chi connectivity index (χ3v) is 4.09. The van der Waals surface area contributed by atoms with Crippen molar-refractivity contribution in [3.8, 4) is 0 Å². The first-order chi connectivity index (χ1) is 9.15. The fourth-order valence-electron chi connectivity index (χ4n) is 2.09. The Hall–Kier alpha value is -1.82. The molecule has 1 heterocycles. The molecule has 1 amide bonds. The van der Waals surface area contributed by atoms with Gasteiger partial charge in [0.1, 0.15) is 0 Å². The molecule has 0 bridgehead atoms. The molecule has 98 valence electrons. The molecule has 0 saturated heterocycles. The summed E-state index contributed by atoms with van der Waals surface area (Å²) in [7, 11) is 0. The maximum Gasteiger partial charge on any atom is 0.260 e. The molecule has 1 aromatic carbocycles. The molecule has 19 heavy (non-hydrogen) atoms. The minimum atomic E-state index is -1.14. The van der Waals surface area contributed by atoms with Crippen molar-refractivity contribution >= 4 is 22.4 Å². The standard InChI is InChI=1S/C13H10F2N2OS/c14-8-4-1-3-7(11(8)15)12(18)17-13-16-9-5-2-6-10(9)19-13/h1,3-4H,2,5-6H2,(H,16,17,18). The van der Waals surface area contributed by atoms with Crippen LogP contribution < -0.4 is 5.32 Å². The topological polar surface area (TPSA) is 42.0 Å². The number of benzene rings is 1. The van der Waals surface area contributed by atoms with Crippen molar-refractivity contribution in [1.82, 2.24) is 4.98 Å². The maximum absolute atomic E-state index is 13.5. The predicted molar refractivity (Wildman–Crippen MR) is 68.5 cm³/mol. The van der Waals surface area contributed by atoms with Crippen molar-refractivity contribution in [1.29, 1.82) is 0 Å². The Morgan fingerprint density at radius 3 is 2.95 bits per heavy atom.